The van der Waals surface area contributed by atoms with Gasteiger partial charge in [-0.3, -0.25) is 4.99 Å². The number of hydrogen-bond donors (Lipinski definition) is 1. The average molecular weight is 376 g/mol. The van der Waals surface area contributed by atoms with Gasteiger partial charge in [0.1, 0.15) is 0 Å². The zero-order valence-corrected chi connectivity index (χ0v) is 14.9. The number of hydrogen-bond acceptors (Lipinski definition) is 4. The second kappa shape index (κ2) is 8.73. The molecule has 1 N–H and O–H groups in total. The van der Waals surface area contributed by atoms with Crippen LogP contribution >= 0.6 is 27.3 Å². The van der Waals surface area contributed by atoms with E-state index in [1.807, 2.05) is 7.05 Å². The quantitative estimate of drug-likeness (QED) is 0.631. The number of nitrogens with one attached hydrogen (secondary N) is 1. The largest absolute Gasteiger partial charge is 0.382 e. The molecule has 1 atom stereocenters. The third-order valence-electron chi connectivity index (χ3n) is 3.29. The van der Waals surface area contributed by atoms with E-state index < -0.39 is 0 Å². The Morgan fingerprint density at radius 2 is 2.48 bits per heavy atom. The van der Waals surface area contributed by atoms with Crippen LogP contribution in [-0.2, 0) is 15.9 Å². The highest BCUT2D eigenvalue weighted by atomic mass is 79.9. The lowest BCUT2D eigenvalue weighted by molar-refractivity contribution is -0.0447. The van der Waals surface area contributed by atoms with Crippen molar-refractivity contribution >= 4 is 33.2 Å². The maximum atomic E-state index is 5.67. The fraction of sp³-hybridized carbons (Fsp3) is 0.643. The molecule has 0 spiro atoms. The summed E-state index contributed by atoms with van der Waals surface area (Å²) in [6, 6.07) is 4.24. The summed E-state index contributed by atoms with van der Waals surface area (Å²) in [5.74, 6) is 0.940. The van der Waals surface area contributed by atoms with E-state index in [-0.39, 0.29) is 6.10 Å². The second-order valence-electron chi connectivity index (χ2n) is 4.82. The van der Waals surface area contributed by atoms with Gasteiger partial charge in [-0.1, -0.05) is 0 Å². The minimum atomic E-state index is 0.121. The molecule has 2 rings (SSSR count). The molecule has 0 aliphatic carbocycles. The van der Waals surface area contributed by atoms with E-state index in [0.717, 1.165) is 32.0 Å². The first-order valence-electron chi connectivity index (χ1n) is 7.03. The SMILES string of the molecule is CN=C(NCCc1ccc(Br)s1)N1CCOC(COC)C1. The number of morpholine rings is 1. The Kier molecular flexibility index (Phi) is 6.95. The average Bonchev–Trinajstić information content (AvgIpc) is 2.90. The van der Waals surface area contributed by atoms with Crippen LogP contribution in [0.1, 0.15) is 4.88 Å². The monoisotopic (exact) mass is 375 g/mol. The van der Waals surface area contributed by atoms with Gasteiger partial charge in [-0.15, -0.1) is 11.3 Å². The van der Waals surface area contributed by atoms with Gasteiger partial charge in [0.25, 0.3) is 0 Å². The molecule has 1 aromatic heterocycles. The zero-order valence-electron chi connectivity index (χ0n) is 12.5. The first kappa shape index (κ1) is 16.7. The molecule has 0 saturated carbocycles. The lowest BCUT2D eigenvalue weighted by Crippen LogP contribution is -2.51. The van der Waals surface area contributed by atoms with Crippen molar-refractivity contribution in [3.05, 3.63) is 20.8 Å². The summed E-state index contributed by atoms with van der Waals surface area (Å²) in [7, 11) is 3.53. The molecule has 1 unspecified atom stereocenters. The summed E-state index contributed by atoms with van der Waals surface area (Å²) < 4.78 is 12.0. The van der Waals surface area contributed by atoms with Crippen LogP contribution in [0.25, 0.3) is 0 Å². The molecule has 0 bridgehead atoms. The van der Waals surface area contributed by atoms with Crippen LogP contribution < -0.4 is 5.32 Å². The summed E-state index contributed by atoms with van der Waals surface area (Å²) in [5.41, 5.74) is 0. The van der Waals surface area contributed by atoms with Crippen LogP contribution in [0.5, 0.6) is 0 Å². The summed E-state index contributed by atoms with van der Waals surface area (Å²) in [5, 5.41) is 3.43. The molecule has 2 heterocycles. The van der Waals surface area contributed by atoms with Gasteiger partial charge in [-0.05, 0) is 34.5 Å². The van der Waals surface area contributed by atoms with Gasteiger partial charge in [0.2, 0.25) is 0 Å². The van der Waals surface area contributed by atoms with Gasteiger partial charge in [-0.2, -0.15) is 0 Å². The summed E-state index contributed by atoms with van der Waals surface area (Å²) in [6.45, 7) is 3.90. The Morgan fingerprint density at radius 1 is 1.62 bits per heavy atom. The predicted octanol–water partition coefficient (Wildman–Crippen LogP) is 1.98. The van der Waals surface area contributed by atoms with E-state index in [4.69, 9.17) is 9.47 Å². The molecule has 1 fully saturated rings. The summed E-state index contributed by atoms with van der Waals surface area (Å²) in [6.07, 6.45) is 1.12. The van der Waals surface area contributed by atoms with Gasteiger partial charge in [0.05, 0.1) is 23.1 Å². The Hall–Kier alpha value is -0.630. The Labute approximate surface area is 138 Å². The van der Waals surface area contributed by atoms with Gasteiger partial charge in [0.15, 0.2) is 5.96 Å². The molecule has 5 nitrogen and oxygen atoms in total. The number of thiophene rings is 1. The number of guanidine groups is 1. The van der Waals surface area contributed by atoms with Crippen LogP contribution in [0.4, 0.5) is 0 Å². The van der Waals surface area contributed by atoms with Crippen LogP contribution in [0, 0.1) is 0 Å². The third-order valence-corrected chi connectivity index (χ3v) is 4.97. The smallest absolute Gasteiger partial charge is 0.193 e. The van der Waals surface area contributed by atoms with E-state index in [1.165, 1.54) is 8.66 Å². The molecule has 0 aromatic carbocycles. The number of rotatable bonds is 5. The van der Waals surface area contributed by atoms with Crippen molar-refractivity contribution in [1.29, 1.82) is 0 Å². The highest BCUT2D eigenvalue weighted by Gasteiger charge is 2.22. The fourth-order valence-corrected chi connectivity index (χ4v) is 3.80. The Balaban J connectivity index is 1.79. The number of ether oxygens (including phenoxy) is 2. The summed E-state index contributed by atoms with van der Waals surface area (Å²) >= 11 is 5.27. The first-order valence-corrected chi connectivity index (χ1v) is 8.64. The first-order chi connectivity index (χ1) is 10.2. The van der Waals surface area contributed by atoms with E-state index in [2.05, 4.69) is 43.3 Å². The minimum absolute atomic E-state index is 0.121. The fourth-order valence-electron chi connectivity index (χ4n) is 2.31. The predicted molar refractivity (Wildman–Crippen MR) is 90.3 cm³/mol. The molecular formula is C14H22BrN3O2S. The van der Waals surface area contributed by atoms with Crippen molar-refractivity contribution in [2.24, 2.45) is 4.99 Å². The Morgan fingerprint density at radius 3 is 3.14 bits per heavy atom. The molecule has 1 aliphatic rings. The molecule has 1 aliphatic heterocycles. The van der Waals surface area contributed by atoms with Crippen LogP contribution in [0.15, 0.2) is 20.9 Å². The molecule has 21 heavy (non-hydrogen) atoms. The highest BCUT2D eigenvalue weighted by Crippen LogP contribution is 2.22. The second-order valence-corrected chi connectivity index (χ2v) is 7.37. The maximum absolute atomic E-state index is 5.67. The van der Waals surface area contributed by atoms with Gasteiger partial charge in [-0.25, -0.2) is 0 Å². The van der Waals surface area contributed by atoms with Crippen molar-refractivity contribution < 1.29 is 9.47 Å². The number of methoxy groups -OCH3 is 1. The standard InChI is InChI=1S/C14H22BrN3O2S/c1-16-14(17-6-5-12-3-4-13(15)21-12)18-7-8-20-11(9-18)10-19-2/h3-4,11H,5-10H2,1-2H3,(H,16,17). The molecule has 118 valence electrons. The van der Waals surface area contributed by atoms with Crippen molar-refractivity contribution in [2.75, 3.05) is 47.0 Å². The van der Waals surface area contributed by atoms with Crippen molar-refractivity contribution in [2.45, 2.75) is 12.5 Å². The third kappa shape index (κ3) is 5.25. The van der Waals surface area contributed by atoms with Gasteiger partial charge >= 0.3 is 0 Å². The van der Waals surface area contributed by atoms with Crippen LogP contribution in [0.3, 0.4) is 0 Å². The highest BCUT2D eigenvalue weighted by molar-refractivity contribution is 9.11. The van der Waals surface area contributed by atoms with E-state index in [9.17, 15) is 0 Å². The molecular weight excluding hydrogens is 354 g/mol. The number of aliphatic imine (C=N–C) groups is 1. The van der Waals surface area contributed by atoms with Crippen LogP contribution in [-0.4, -0.2) is 64.0 Å². The van der Waals surface area contributed by atoms with Crippen molar-refractivity contribution in [3.8, 4) is 0 Å². The van der Waals surface area contributed by atoms with Crippen molar-refractivity contribution in [1.82, 2.24) is 10.2 Å². The zero-order chi connectivity index (χ0) is 15.1. The topological polar surface area (TPSA) is 46.1 Å². The van der Waals surface area contributed by atoms with E-state index in [1.54, 1.807) is 18.4 Å². The molecule has 0 radical (unpaired) electrons. The maximum Gasteiger partial charge on any atom is 0.193 e. The van der Waals surface area contributed by atoms with E-state index >= 15 is 0 Å². The molecule has 0 amide bonds. The lowest BCUT2D eigenvalue weighted by atomic mass is 10.3. The lowest BCUT2D eigenvalue weighted by Gasteiger charge is -2.34. The van der Waals surface area contributed by atoms with Crippen LogP contribution in [0.2, 0.25) is 0 Å². The number of nitrogens with zero attached hydrogens (tertiary/aromatic N) is 2. The Bertz CT molecular complexity index is 465. The van der Waals surface area contributed by atoms with E-state index in [0.29, 0.717) is 13.2 Å². The summed E-state index contributed by atoms with van der Waals surface area (Å²) in [4.78, 5) is 7.97. The normalized spacial score (nSPS) is 19.9. The number of halogens is 1. The minimum Gasteiger partial charge on any atom is -0.382 e. The van der Waals surface area contributed by atoms with Crippen molar-refractivity contribution in [3.63, 3.8) is 0 Å². The van der Waals surface area contributed by atoms with Gasteiger partial charge in [0, 0.05) is 38.7 Å². The van der Waals surface area contributed by atoms with Gasteiger partial charge < -0.3 is 19.7 Å². The molecule has 1 aromatic rings. The molecule has 1 saturated heterocycles. The molecule has 7 heteroatoms.